The number of carbonyl (C=O) groups is 2. The van der Waals surface area contributed by atoms with Crippen LogP contribution in [0.15, 0.2) is 55.0 Å². The van der Waals surface area contributed by atoms with E-state index in [4.69, 9.17) is 38.4 Å². The summed E-state index contributed by atoms with van der Waals surface area (Å²) in [4.78, 5) is 37.1. The van der Waals surface area contributed by atoms with E-state index >= 15 is 0 Å². The minimum atomic E-state index is -0.962. The second-order valence-corrected chi connectivity index (χ2v) is 8.72. The third-order valence-corrected chi connectivity index (χ3v) is 5.80. The molecule has 0 aliphatic heterocycles. The molecule has 1 unspecified atom stereocenters. The summed E-state index contributed by atoms with van der Waals surface area (Å²) in [5.74, 6) is -1.01. The Morgan fingerprint density at radius 3 is 2.49 bits per heavy atom. The van der Waals surface area contributed by atoms with Crippen molar-refractivity contribution >= 4 is 46.5 Å². The number of unbranched alkanes of at least 4 members (excludes halogenated alkanes) is 1. The number of anilines is 2. The number of esters is 1. The summed E-state index contributed by atoms with van der Waals surface area (Å²) in [7, 11) is 0. The lowest BCUT2D eigenvalue weighted by Gasteiger charge is -2.18. The fourth-order valence-electron chi connectivity index (χ4n) is 3.40. The van der Waals surface area contributed by atoms with Gasteiger partial charge in [-0.05, 0) is 36.6 Å². The zero-order valence-electron chi connectivity index (χ0n) is 19.7. The van der Waals surface area contributed by atoms with Crippen molar-refractivity contribution in [2.45, 2.75) is 31.7 Å². The summed E-state index contributed by atoms with van der Waals surface area (Å²) >= 11 is 12.5. The average molecular weight is 552 g/mol. The first-order valence-electron chi connectivity index (χ1n) is 11.4. The van der Waals surface area contributed by atoms with Crippen LogP contribution in [-0.2, 0) is 32.0 Å². The first-order chi connectivity index (χ1) is 17.8. The van der Waals surface area contributed by atoms with Crippen molar-refractivity contribution in [2.24, 2.45) is 0 Å². The monoisotopic (exact) mass is 551 g/mol. The number of nitrogens with one attached hydrogen (secondary N) is 3. The van der Waals surface area contributed by atoms with Crippen molar-refractivity contribution in [3.8, 4) is 0 Å². The van der Waals surface area contributed by atoms with Gasteiger partial charge >= 0.3 is 5.97 Å². The first-order valence-corrected chi connectivity index (χ1v) is 12.1. The van der Waals surface area contributed by atoms with Crippen LogP contribution in [0.25, 0.3) is 0 Å². The Kier molecular flexibility index (Phi) is 11.1. The number of aromatic nitrogens is 2. The summed E-state index contributed by atoms with van der Waals surface area (Å²) in [5.41, 5.74) is 2.42. The van der Waals surface area contributed by atoms with E-state index in [0.717, 1.165) is 0 Å². The lowest BCUT2D eigenvalue weighted by Crippen LogP contribution is -2.44. The second kappa shape index (κ2) is 14.5. The molecule has 0 saturated carbocycles. The van der Waals surface area contributed by atoms with Gasteiger partial charge in [0, 0.05) is 18.3 Å². The summed E-state index contributed by atoms with van der Waals surface area (Å²) in [6.07, 6.45) is 4.06. The van der Waals surface area contributed by atoms with Crippen LogP contribution in [0.4, 0.5) is 11.4 Å². The van der Waals surface area contributed by atoms with Gasteiger partial charge in [-0.25, -0.2) is 9.78 Å². The lowest BCUT2D eigenvalue weighted by molar-refractivity contribution is -0.492. The third-order valence-electron chi connectivity index (χ3n) is 5.17. The van der Waals surface area contributed by atoms with Crippen LogP contribution in [-0.4, -0.2) is 56.9 Å². The van der Waals surface area contributed by atoms with Crippen LogP contribution >= 0.6 is 23.2 Å². The highest BCUT2D eigenvalue weighted by molar-refractivity contribution is 6.39. The number of ether oxygens (including phenoxy) is 1. The van der Waals surface area contributed by atoms with Crippen molar-refractivity contribution in [1.29, 1.82) is 0 Å². The quantitative estimate of drug-likeness (QED) is 0.113. The molecular weight excluding hydrogens is 525 g/mol. The third kappa shape index (κ3) is 9.32. The smallest absolute Gasteiger partial charge is 0.329 e. The number of halogens is 2. The number of para-hydroxylation sites is 2. The molecule has 0 saturated heterocycles. The Balaban J connectivity index is 1.63. The maximum atomic E-state index is 13.0. The molecule has 0 spiro atoms. The Morgan fingerprint density at radius 1 is 1.05 bits per heavy atom. The van der Waals surface area contributed by atoms with E-state index in [-0.39, 0.29) is 31.4 Å². The molecule has 3 rings (SSSR count). The van der Waals surface area contributed by atoms with Crippen molar-refractivity contribution in [2.75, 3.05) is 18.5 Å². The van der Waals surface area contributed by atoms with E-state index in [1.54, 1.807) is 42.6 Å². The van der Waals surface area contributed by atoms with E-state index in [0.29, 0.717) is 45.5 Å². The molecule has 1 atom stereocenters. The molecule has 0 fully saturated rings. The predicted molar refractivity (Wildman–Crippen MR) is 136 cm³/mol. The van der Waals surface area contributed by atoms with Gasteiger partial charge in [-0.3, -0.25) is 20.0 Å². The number of nitrogens with zero attached hydrogens (tertiary/aromatic N) is 2. The molecule has 11 nitrogen and oxygen atoms in total. The van der Waals surface area contributed by atoms with Gasteiger partial charge in [0.2, 0.25) is 5.91 Å². The minimum absolute atomic E-state index is 0.0221. The van der Waals surface area contributed by atoms with Gasteiger partial charge in [-0.15, -0.1) is 0 Å². The molecule has 0 bridgehead atoms. The summed E-state index contributed by atoms with van der Waals surface area (Å²) in [6.45, 7) is 0.0994. The van der Waals surface area contributed by atoms with Crippen LogP contribution in [0.5, 0.6) is 0 Å². The van der Waals surface area contributed by atoms with Gasteiger partial charge < -0.3 is 20.4 Å². The largest absolute Gasteiger partial charge is 0.464 e. The SMILES string of the molecule is O=C(Cc1ccccc1Nc1c(Cl)cccc1Cl)NC(Cc1c[nH]cn1)C(=O)OCCCCON(O)O. The van der Waals surface area contributed by atoms with E-state index < -0.39 is 17.9 Å². The van der Waals surface area contributed by atoms with E-state index in [2.05, 4.69) is 25.4 Å². The maximum Gasteiger partial charge on any atom is 0.329 e. The topological polar surface area (TPSA) is 149 Å². The summed E-state index contributed by atoms with van der Waals surface area (Å²) in [6, 6.07) is 11.4. The Labute approximate surface area is 223 Å². The van der Waals surface area contributed by atoms with E-state index in [1.807, 2.05) is 6.07 Å². The van der Waals surface area contributed by atoms with Crippen LogP contribution < -0.4 is 10.6 Å². The van der Waals surface area contributed by atoms with Crippen LogP contribution in [0.3, 0.4) is 0 Å². The van der Waals surface area contributed by atoms with Crippen molar-refractivity contribution in [3.05, 3.63) is 76.3 Å². The standard InChI is InChI=1S/C24H27Cl2N5O6/c25-18-7-5-8-19(26)23(18)30-20-9-2-1-6-16(20)12-22(32)29-21(13-17-14-27-15-28-17)24(33)36-10-3-4-11-37-31(34)35/h1-2,5-9,14-15,21,30,34-35H,3-4,10-13H2,(H,27,28)(H,29,32). The van der Waals surface area contributed by atoms with Gasteiger partial charge in [0.1, 0.15) is 6.04 Å². The highest BCUT2D eigenvalue weighted by Gasteiger charge is 2.24. The van der Waals surface area contributed by atoms with Crippen molar-refractivity contribution < 1.29 is 29.6 Å². The molecular formula is C24H27Cl2N5O6. The lowest BCUT2D eigenvalue weighted by atomic mass is 10.1. The van der Waals surface area contributed by atoms with Gasteiger partial charge in [0.25, 0.3) is 0 Å². The fourth-order valence-corrected chi connectivity index (χ4v) is 3.89. The van der Waals surface area contributed by atoms with Gasteiger partial charge in [-0.2, -0.15) is 0 Å². The Bertz CT molecular complexity index is 1140. The summed E-state index contributed by atoms with van der Waals surface area (Å²) < 4.78 is 5.31. The van der Waals surface area contributed by atoms with E-state index in [1.165, 1.54) is 6.33 Å². The van der Waals surface area contributed by atoms with Crippen molar-refractivity contribution in [3.63, 3.8) is 0 Å². The second-order valence-electron chi connectivity index (χ2n) is 7.90. The predicted octanol–water partition coefficient (Wildman–Crippen LogP) is 4.07. The Morgan fingerprint density at radius 2 is 1.78 bits per heavy atom. The van der Waals surface area contributed by atoms with Gasteiger partial charge in [-0.1, -0.05) is 47.5 Å². The van der Waals surface area contributed by atoms with E-state index in [9.17, 15) is 9.59 Å². The number of imidazole rings is 1. The molecule has 198 valence electrons. The molecule has 37 heavy (non-hydrogen) atoms. The molecule has 1 aromatic heterocycles. The zero-order valence-corrected chi connectivity index (χ0v) is 21.2. The molecule has 5 N–H and O–H groups in total. The number of rotatable bonds is 14. The molecule has 0 aliphatic carbocycles. The van der Waals surface area contributed by atoms with Crippen LogP contribution in [0.1, 0.15) is 24.1 Å². The summed E-state index contributed by atoms with van der Waals surface area (Å²) in [5, 5.41) is 23.4. The highest BCUT2D eigenvalue weighted by Crippen LogP contribution is 2.33. The number of aromatic amines is 1. The molecule has 3 aromatic rings. The number of H-pyrrole nitrogens is 1. The number of carbonyl (C=O) groups excluding carboxylic acids is 2. The molecule has 0 radical (unpaired) electrons. The van der Waals surface area contributed by atoms with Crippen molar-refractivity contribution in [1.82, 2.24) is 20.7 Å². The molecule has 0 aliphatic rings. The Hall–Kier alpha value is -3.19. The number of hydrogen-bond donors (Lipinski definition) is 5. The van der Waals surface area contributed by atoms with Crippen LogP contribution in [0, 0.1) is 0 Å². The number of amides is 1. The maximum absolute atomic E-state index is 13.0. The fraction of sp³-hybridized carbons (Fsp3) is 0.292. The molecule has 2 aromatic carbocycles. The number of benzene rings is 2. The van der Waals surface area contributed by atoms with Gasteiger partial charge in [0.15, 0.2) is 0 Å². The first kappa shape index (κ1) is 28.4. The molecule has 1 heterocycles. The van der Waals surface area contributed by atoms with Gasteiger partial charge in [0.05, 0.1) is 52.8 Å². The molecule has 13 heteroatoms. The normalized spacial score (nSPS) is 11.8. The minimum Gasteiger partial charge on any atom is -0.464 e. The van der Waals surface area contributed by atoms with Crippen LogP contribution in [0.2, 0.25) is 10.0 Å². The zero-order chi connectivity index (χ0) is 26.6. The average Bonchev–Trinajstić information content (AvgIpc) is 3.37. The number of hydrogen-bond acceptors (Lipinski definition) is 9. The molecule has 1 amide bonds. The highest BCUT2D eigenvalue weighted by atomic mass is 35.5.